The van der Waals surface area contributed by atoms with Crippen molar-refractivity contribution in [3.05, 3.63) is 58.7 Å². The normalized spacial score (nSPS) is 20.2. The molecule has 0 unspecified atom stereocenters. The van der Waals surface area contributed by atoms with E-state index < -0.39 is 0 Å². The third-order valence-electron chi connectivity index (χ3n) is 5.50. The second kappa shape index (κ2) is 6.95. The number of hydrogen-bond acceptors (Lipinski definition) is 3. The highest BCUT2D eigenvalue weighted by Gasteiger charge is 2.27. The van der Waals surface area contributed by atoms with Crippen LogP contribution in [0.2, 0.25) is 0 Å². The molecule has 25 heavy (non-hydrogen) atoms. The van der Waals surface area contributed by atoms with Gasteiger partial charge in [0, 0.05) is 37.0 Å². The molecule has 2 aliphatic rings. The Kier molecular flexibility index (Phi) is 4.51. The first kappa shape index (κ1) is 16.2. The molecule has 1 fully saturated rings. The van der Waals surface area contributed by atoms with Gasteiger partial charge in [-0.1, -0.05) is 6.07 Å². The molecule has 1 aromatic heterocycles. The molecule has 1 aliphatic heterocycles. The molecule has 0 radical (unpaired) electrons. The Morgan fingerprint density at radius 2 is 1.96 bits per heavy atom. The number of nitrogens with zero attached hydrogens (tertiary/aromatic N) is 3. The largest absolute Gasteiger partial charge is 0.338 e. The van der Waals surface area contributed by atoms with E-state index in [2.05, 4.69) is 22.1 Å². The summed E-state index contributed by atoms with van der Waals surface area (Å²) in [7, 11) is 0. The summed E-state index contributed by atoms with van der Waals surface area (Å²) in [5.74, 6) is 0.460. The number of amides is 1. The molecule has 0 bridgehead atoms. The van der Waals surface area contributed by atoms with Gasteiger partial charge in [0.25, 0.3) is 5.91 Å². The van der Waals surface area contributed by atoms with E-state index in [-0.39, 0.29) is 5.91 Å². The molecule has 1 amide bonds. The van der Waals surface area contributed by atoms with Gasteiger partial charge in [0.1, 0.15) is 0 Å². The molecular weight excluding hydrogens is 310 g/mol. The van der Waals surface area contributed by atoms with Crippen LogP contribution in [0.5, 0.6) is 0 Å². The van der Waals surface area contributed by atoms with Crippen LogP contribution < -0.4 is 0 Å². The maximum atomic E-state index is 13.0. The minimum atomic E-state index is 0.165. The van der Waals surface area contributed by atoms with E-state index in [1.165, 1.54) is 24.0 Å². The average molecular weight is 335 g/mol. The predicted octanol–water partition coefficient (Wildman–Crippen LogP) is 3.68. The van der Waals surface area contributed by atoms with Crippen LogP contribution in [-0.4, -0.2) is 33.9 Å². The summed E-state index contributed by atoms with van der Waals surface area (Å²) >= 11 is 0. The van der Waals surface area contributed by atoms with E-state index in [4.69, 9.17) is 0 Å². The highest BCUT2D eigenvalue weighted by molar-refractivity contribution is 5.94. The number of aryl methyl sites for hydroxylation is 3. The number of carbonyl (C=O) groups excluding carboxylic acids is 1. The smallest absolute Gasteiger partial charge is 0.253 e. The van der Waals surface area contributed by atoms with Crippen molar-refractivity contribution < 1.29 is 4.79 Å². The number of piperidine rings is 1. The third kappa shape index (κ3) is 3.44. The summed E-state index contributed by atoms with van der Waals surface area (Å²) in [4.78, 5) is 23.9. The molecule has 130 valence electrons. The summed E-state index contributed by atoms with van der Waals surface area (Å²) in [6.07, 6.45) is 10.5. The van der Waals surface area contributed by atoms with Crippen molar-refractivity contribution in [3.63, 3.8) is 0 Å². The monoisotopic (exact) mass is 335 g/mol. The number of aromatic nitrogens is 2. The van der Waals surface area contributed by atoms with Gasteiger partial charge in [0.05, 0.1) is 11.4 Å². The fraction of sp³-hybridized carbons (Fsp3) is 0.476. The van der Waals surface area contributed by atoms with Crippen molar-refractivity contribution in [2.45, 2.75) is 51.4 Å². The van der Waals surface area contributed by atoms with Crippen LogP contribution in [0.1, 0.15) is 64.5 Å². The maximum Gasteiger partial charge on any atom is 0.253 e. The van der Waals surface area contributed by atoms with Gasteiger partial charge in [-0.3, -0.25) is 14.8 Å². The second-order valence-corrected chi connectivity index (χ2v) is 7.37. The van der Waals surface area contributed by atoms with Crippen molar-refractivity contribution in [1.82, 2.24) is 14.9 Å². The predicted molar refractivity (Wildman–Crippen MR) is 97.7 cm³/mol. The third-order valence-corrected chi connectivity index (χ3v) is 5.50. The molecule has 1 atom stereocenters. The van der Waals surface area contributed by atoms with Gasteiger partial charge in [-0.2, -0.15) is 0 Å². The van der Waals surface area contributed by atoms with Gasteiger partial charge in [0.2, 0.25) is 0 Å². The minimum Gasteiger partial charge on any atom is -0.338 e. The Bertz CT molecular complexity index is 786. The quantitative estimate of drug-likeness (QED) is 0.841. The topological polar surface area (TPSA) is 46.1 Å². The Hall–Kier alpha value is -2.23. The van der Waals surface area contributed by atoms with Crippen molar-refractivity contribution in [3.8, 4) is 0 Å². The summed E-state index contributed by atoms with van der Waals surface area (Å²) in [6, 6.07) is 6.31. The lowest BCUT2D eigenvalue weighted by Gasteiger charge is -2.32. The molecule has 0 spiro atoms. The number of carbonyl (C=O) groups is 1. The van der Waals surface area contributed by atoms with Crippen LogP contribution in [0.3, 0.4) is 0 Å². The fourth-order valence-corrected chi connectivity index (χ4v) is 4.13. The average Bonchev–Trinajstić information content (AvgIpc) is 2.67. The molecule has 0 saturated carbocycles. The number of rotatable bonds is 2. The van der Waals surface area contributed by atoms with Crippen LogP contribution in [0, 0.1) is 6.92 Å². The zero-order chi connectivity index (χ0) is 17.2. The first-order valence-corrected chi connectivity index (χ1v) is 9.40. The lowest BCUT2D eigenvalue weighted by Crippen LogP contribution is -2.39. The summed E-state index contributed by atoms with van der Waals surface area (Å²) in [5, 5.41) is 0. The van der Waals surface area contributed by atoms with Gasteiger partial charge in [-0.15, -0.1) is 0 Å². The Morgan fingerprint density at radius 3 is 2.80 bits per heavy atom. The number of hydrogen-bond donors (Lipinski definition) is 0. The molecular formula is C21H25N3O. The highest BCUT2D eigenvalue weighted by atomic mass is 16.2. The van der Waals surface area contributed by atoms with Gasteiger partial charge in [0.15, 0.2) is 0 Å². The summed E-state index contributed by atoms with van der Waals surface area (Å²) in [5.41, 5.74) is 5.60. The minimum absolute atomic E-state index is 0.165. The van der Waals surface area contributed by atoms with Gasteiger partial charge >= 0.3 is 0 Å². The van der Waals surface area contributed by atoms with Crippen molar-refractivity contribution >= 4 is 5.91 Å². The molecule has 1 aliphatic carbocycles. The van der Waals surface area contributed by atoms with Gasteiger partial charge in [-0.25, -0.2) is 0 Å². The first-order chi connectivity index (χ1) is 12.2. The molecule has 2 aromatic rings. The standard InChI is InChI=1S/C21H25N3O/c1-15-12-22-13-20(23-15)19-7-4-10-24(14-19)21(25)18-9-8-16-5-2-3-6-17(16)11-18/h8-9,11-13,19H,2-7,10,14H2,1H3/t19-/m1/s1. The molecule has 4 rings (SSSR count). The van der Waals surface area contributed by atoms with E-state index in [1.807, 2.05) is 24.1 Å². The van der Waals surface area contributed by atoms with E-state index >= 15 is 0 Å². The lowest BCUT2D eigenvalue weighted by atomic mass is 9.89. The van der Waals surface area contributed by atoms with Crippen LogP contribution in [-0.2, 0) is 12.8 Å². The van der Waals surface area contributed by atoms with E-state index in [0.717, 1.165) is 55.7 Å². The Morgan fingerprint density at radius 1 is 1.12 bits per heavy atom. The van der Waals surface area contributed by atoms with Gasteiger partial charge in [-0.05, 0) is 68.7 Å². The van der Waals surface area contributed by atoms with Crippen LogP contribution in [0.4, 0.5) is 0 Å². The SMILES string of the molecule is Cc1cncc([C@@H]2CCCN(C(=O)c3ccc4c(c3)CCCC4)C2)n1. The maximum absolute atomic E-state index is 13.0. The van der Waals surface area contributed by atoms with Crippen molar-refractivity contribution in [2.24, 2.45) is 0 Å². The Labute approximate surface area is 149 Å². The van der Waals surface area contributed by atoms with E-state index in [1.54, 1.807) is 6.20 Å². The molecule has 0 N–H and O–H groups in total. The first-order valence-electron chi connectivity index (χ1n) is 9.40. The molecule has 2 heterocycles. The van der Waals surface area contributed by atoms with Gasteiger partial charge < -0.3 is 4.90 Å². The van der Waals surface area contributed by atoms with Crippen molar-refractivity contribution in [1.29, 1.82) is 0 Å². The second-order valence-electron chi connectivity index (χ2n) is 7.37. The Balaban J connectivity index is 1.52. The van der Waals surface area contributed by atoms with Crippen molar-refractivity contribution in [2.75, 3.05) is 13.1 Å². The summed E-state index contributed by atoms with van der Waals surface area (Å²) < 4.78 is 0. The summed E-state index contributed by atoms with van der Waals surface area (Å²) in [6.45, 7) is 3.55. The molecule has 4 nitrogen and oxygen atoms in total. The zero-order valence-corrected chi connectivity index (χ0v) is 14.9. The number of likely N-dealkylation sites (tertiary alicyclic amines) is 1. The molecule has 1 aromatic carbocycles. The van der Waals surface area contributed by atoms with Crippen LogP contribution >= 0.6 is 0 Å². The lowest BCUT2D eigenvalue weighted by molar-refractivity contribution is 0.0705. The highest BCUT2D eigenvalue weighted by Crippen LogP contribution is 2.27. The van der Waals surface area contributed by atoms with E-state index in [9.17, 15) is 4.79 Å². The van der Waals surface area contributed by atoms with Crippen LogP contribution in [0.25, 0.3) is 0 Å². The number of benzene rings is 1. The zero-order valence-electron chi connectivity index (χ0n) is 14.9. The van der Waals surface area contributed by atoms with E-state index in [0.29, 0.717) is 5.92 Å². The fourth-order valence-electron chi connectivity index (χ4n) is 4.13. The van der Waals surface area contributed by atoms with Crippen LogP contribution in [0.15, 0.2) is 30.6 Å². The molecule has 4 heteroatoms. The molecule has 1 saturated heterocycles. The number of fused-ring (bicyclic) bond motifs is 1.